The normalized spacial score (nSPS) is 17.0. The molecule has 1 aliphatic rings. The molecule has 2 rings (SSSR count). The van der Waals surface area contributed by atoms with Crippen molar-refractivity contribution in [2.75, 3.05) is 19.7 Å². The number of piperidine rings is 1. The minimum atomic E-state index is -0.760. The lowest BCUT2D eigenvalue weighted by Crippen LogP contribution is -2.45. The summed E-state index contributed by atoms with van der Waals surface area (Å²) in [5.74, 6) is 4.14. The highest BCUT2D eigenvalue weighted by Gasteiger charge is 2.30. The van der Waals surface area contributed by atoms with Gasteiger partial charge in [-0.15, -0.1) is 0 Å². The van der Waals surface area contributed by atoms with Gasteiger partial charge in [-0.05, 0) is 38.0 Å². The van der Waals surface area contributed by atoms with Crippen molar-refractivity contribution in [1.29, 1.82) is 0 Å². The monoisotopic (exact) mass is 291 g/mol. The van der Waals surface area contributed by atoms with Crippen LogP contribution in [-0.2, 0) is 0 Å². The lowest BCUT2D eigenvalue weighted by Gasteiger charge is -2.35. The van der Waals surface area contributed by atoms with E-state index in [4.69, 9.17) is 5.11 Å². The first-order valence-corrected chi connectivity index (χ1v) is 6.84. The van der Waals surface area contributed by atoms with E-state index in [1.807, 2.05) is 0 Å². The van der Waals surface area contributed by atoms with Gasteiger partial charge in [0.1, 0.15) is 12.4 Å². The molecule has 1 aromatic carbocycles. The summed E-state index contributed by atoms with van der Waals surface area (Å²) in [6.45, 7) is 2.25. The number of benzene rings is 1. The van der Waals surface area contributed by atoms with Crippen LogP contribution in [0.3, 0.4) is 0 Å². The smallest absolute Gasteiger partial charge is 0.256 e. The summed E-state index contributed by atoms with van der Waals surface area (Å²) in [4.78, 5) is 13.9. The molecule has 1 heterocycles. The summed E-state index contributed by atoms with van der Waals surface area (Å²) in [6.07, 6.45) is 0.953. The molecule has 112 valence electrons. The third kappa shape index (κ3) is 3.81. The predicted octanol–water partition coefficient (Wildman–Crippen LogP) is 1.16. The maximum atomic E-state index is 13.9. The van der Waals surface area contributed by atoms with E-state index in [0.29, 0.717) is 31.5 Å². The Hall–Kier alpha value is -1.90. The van der Waals surface area contributed by atoms with Crippen molar-refractivity contribution in [2.45, 2.75) is 25.4 Å². The molecular formula is C16H18FNO3. The lowest BCUT2D eigenvalue weighted by atomic mass is 9.93. The standard InChI is InChI=1S/C16H18FNO3/c1-16(21)6-8-18(9-7-16)15(20)13-11-12(3-2-10-19)4-5-14(13)17/h4-5,11,19,21H,6-10H2,1H3. The first kappa shape index (κ1) is 15.5. The van der Waals surface area contributed by atoms with Crippen LogP contribution < -0.4 is 0 Å². The zero-order valence-corrected chi connectivity index (χ0v) is 11.9. The van der Waals surface area contributed by atoms with Gasteiger partial charge in [0, 0.05) is 18.7 Å². The summed E-state index contributed by atoms with van der Waals surface area (Å²) < 4.78 is 13.9. The molecule has 0 bridgehead atoms. The van der Waals surface area contributed by atoms with Crippen LogP contribution >= 0.6 is 0 Å². The van der Waals surface area contributed by atoms with E-state index in [2.05, 4.69) is 11.8 Å². The molecule has 0 aliphatic carbocycles. The molecule has 21 heavy (non-hydrogen) atoms. The molecule has 1 saturated heterocycles. The molecule has 4 nitrogen and oxygen atoms in total. The van der Waals surface area contributed by atoms with E-state index >= 15 is 0 Å². The van der Waals surface area contributed by atoms with E-state index in [9.17, 15) is 14.3 Å². The van der Waals surface area contributed by atoms with Crippen LogP contribution in [0.4, 0.5) is 4.39 Å². The molecule has 1 aromatic rings. The van der Waals surface area contributed by atoms with E-state index < -0.39 is 17.3 Å². The van der Waals surface area contributed by atoms with Gasteiger partial charge in [-0.2, -0.15) is 0 Å². The van der Waals surface area contributed by atoms with E-state index in [1.54, 1.807) is 11.8 Å². The number of aliphatic hydroxyl groups is 2. The van der Waals surface area contributed by atoms with Crippen molar-refractivity contribution in [3.8, 4) is 11.8 Å². The largest absolute Gasteiger partial charge is 0.390 e. The summed E-state index contributed by atoms with van der Waals surface area (Å²) in [7, 11) is 0. The predicted molar refractivity (Wildman–Crippen MR) is 76.1 cm³/mol. The van der Waals surface area contributed by atoms with Crippen molar-refractivity contribution < 1.29 is 19.4 Å². The van der Waals surface area contributed by atoms with Crippen molar-refractivity contribution >= 4 is 5.91 Å². The number of carbonyl (C=O) groups excluding carboxylic acids is 1. The average Bonchev–Trinajstić information content (AvgIpc) is 2.46. The van der Waals surface area contributed by atoms with Crippen LogP contribution in [0.1, 0.15) is 35.7 Å². The minimum absolute atomic E-state index is 0.0266. The molecular weight excluding hydrogens is 273 g/mol. The van der Waals surface area contributed by atoms with Gasteiger partial charge in [0.2, 0.25) is 0 Å². The molecule has 5 heteroatoms. The molecule has 0 saturated carbocycles. The van der Waals surface area contributed by atoms with Gasteiger partial charge >= 0.3 is 0 Å². The topological polar surface area (TPSA) is 60.8 Å². The first-order valence-electron chi connectivity index (χ1n) is 6.84. The molecule has 0 spiro atoms. The fourth-order valence-corrected chi connectivity index (χ4v) is 2.27. The number of halogens is 1. The SMILES string of the molecule is CC1(O)CCN(C(=O)c2cc(C#CCO)ccc2F)CC1. The zero-order valence-electron chi connectivity index (χ0n) is 11.9. The average molecular weight is 291 g/mol. The Bertz CT molecular complexity index is 591. The third-order valence-electron chi connectivity index (χ3n) is 3.64. The fourth-order valence-electron chi connectivity index (χ4n) is 2.27. The molecule has 2 N–H and O–H groups in total. The second-order valence-corrected chi connectivity index (χ2v) is 5.44. The fraction of sp³-hybridized carbons (Fsp3) is 0.438. The number of aliphatic hydroxyl groups excluding tert-OH is 1. The molecule has 0 aromatic heterocycles. The number of nitrogens with zero attached hydrogens (tertiary/aromatic N) is 1. The number of likely N-dealkylation sites (tertiary alicyclic amines) is 1. The lowest BCUT2D eigenvalue weighted by molar-refractivity contribution is -0.00213. The number of carbonyl (C=O) groups is 1. The second-order valence-electron chi connectivity index (χ2n) is 5.44. The number of hydrogen-bond donors (Lipinski definition) is 2. The maximum absolute atomic E-state index is 13.9. The Kier molecular flexibility index (Phi) is 4.61. The summed E-state index contributed by atoms with van der Waals surface area (Å²) >= 11 is 0. The highest BCUT2D eigenvalue weighted by atomic mass is 19.1. The van der Waals surface area contributed by atoms with Crippen molar-refractivity contribution in [3.05, 3.63) is 35.1 Å². The Labute approximate surface area is 123 Å². The molecule has 1 amide bonds. The Morgan fingerprint density at radius 2 is 2.10 bits per heavy atom. The van der Waals surface area contributed by atoms with Crippen LogP contribution in [0.2, 0.25) is 0 Å². The molecule has 0 unspecified atom stereocenters. The molecule has 0 radical (unpaired) electrons. The van der Waals surface area contributed by atoms with Gasteiger partial charge in [-0.3, -0.25) is 4.79 Å². The second kappa shape index (κ2) is 6.25. The van der Waals surface area contributed by atoms with Gasteiger partial charge in [0.25, 0.3) is 5.91 Å². The maximum Gasteiger partial charge on any atom is 0.256 e. The number of amides is 1. The Morgan fingerprint density at radius 3 is 2.71 bits per heavy atom. The van der Waals surface area contributed by atoms with Crippen molar-refractivity contribution in [3.63, 3.8) is 0 Å². The van der Waals surface area contributed by atoms with Gasteiger partial charge in [0.15, 0.2) is 0 Å². The quantitative estimate of drug-likeness (QED) is 0.763. The first-order chi connectivity index (χ1) is 9.93. The van der Waals surface area contributed by atoms with Gasteiger partial charge in [0.05, 0.1) is 11.2 Å². The van der Waals surface area contributed by atoms with Gasteiger partial charge in [-0.1, -0.05) is 11.8 Å². The summed E-state index contributed by atoms with van der Waals surface area (Å²) in [5, 5.41) is 18.6. The zero-order chi connectivity index (χ0) is 15.5. The van der Waals surface area contributed by atoms with Crippen LogP contribution in [0.15, 0.2) is 18.2 Å². The van der Waals surface area contributed by atoms with Crippen molar-refractivity contribution in [2.24, 2.45) is 0 Å². The van der Waals surface area contributed by atoms with Crippen molar-refractivity contribution in [1.82, 2.24) is 4.90 Å². The molecule has 1 fully saturated rings. The van der Waals surface area contributed by atoms with E-state index in [-0.39, 0.29) is 12.2 Å². The number of rotatable bonds is 1. The summed E-state index contributed by atoms with van der Waals surface area (Å²) in [5.41, 5.74) is -0.303. The number of hydrogen-bond acceptors (Lipinski definition) is 3. The third-order valence-corrected chi connectivity index (χ3v) is 3.64. The molecule has 0 atom stereocenters. The van der Waals surface area contributed by atoms with Gasteiger partial charge in [-0.25, -0.2) is 4.39 Å². The molecule has 1 aliphatic heterocycles. The van der Waals surface area contributed by atoms with Crippen LogP contribution in [0.25, 0.3) is 0 Å². The summed E-state index contributed by atoms with van der Waals surface area (Å²) in [6, 6.07) is 4.07. The highest BCUT2D eigenvalue weighted by molar-refractivity contribution is 5.95. The highest BCUT2D eigenvalue weighted by Crippen LogP contribution is 2.23. The van der Waals surface area contributed by atoms with E-state index in [0.717, 1.165) is 0 Å². The van der Waals surface area contributed by atoms with Gasteiger partial charge < -0.3 is 15.1 Å². The van der Waals surface area contributed by atoms with E-state index in [1.165, 1.54) is 18.2 Å². The van der Waals surface area contributed by atoms with Crippen LogP contribution in [0, 0.1) is 17.7 Å². The Morgan fingerprint density at radius 1 is 1.43 bits per heavy atom. The van der Waals surface area contributed by atoms with Crippen LogP contribution in [0.5, 0.6) is 0 Å². The minimum Gasteiger partial charge on any atom is -0.390 e. The van der Waals surface area contributed by atoms with Crippen LogP contribution in [-0.4, -0.2) is 46.3 Å². The Balaban J connectivity index is 2.19.